The molecule has 0 atom stereocenters. The molecule has 8 rings (SSSR count). The lowest BCUT2D eigenvalue weighted by atomic mass is 9.94. The van der Waals surface area contributed by atoms with Crippen LogP contribution in [0.4, 0.5) is 75.4 Å². The van der Waals surface area contributed by atoms with Crippen LogP contribution in [0.15, 0.2) is 72.8 Å². The van der Waals surface area contributed by atoms with Crippen molar-refractivity contribution >= 4 is 57.4 Å². The van der Waals surface area contributed by atoms with Crippen molar-refractivity contribution in [1.29, 1.82) is 0 Å². The Kier molecular flexibility index (Phi) is 10.7. The molecule has 52 heavy (non-hydrogen) atoms. The molecule has 4 aromatic rings. The molecule has 0 aliphatic heterocycles. The molecule has 0 spiro atoms. The SMILES string of the molecule is FC(F)(F)c1cc(NC(=S)Nc2cc3ccc2CCc2ccc(cc2NC(=S)Nc2cc(C(F)(F)F)cc(C(F)(F)F)c2)CC3)cc(C(F)(F)F)c1. The van der Waals surface area contributed by atoms with Crippen molar-refractivity contribution in [3.63, 3.8) is 0 Å². The topological polar surface area (TPSA) is 48.1 Å². The minimum atomic E-state index is -5.06. The molecule has 4 N–H and O–H groups in total. The van der Waals surface area contributed by atoms with Gasteiger partial charge in [0.25, 0.3) is 0 Å². The highest BCUT2D eigenvalue weighted by Gasteiger charge is 2.38. The van der Waals surface area contributed by atoms with E-state index in [0.717, 1.165) is 11.1 Å². The Balaban J connectivity index is 1.35. The lowest BCUT2D eigenvalue weighted by Crippen LogP contribution is -2.22. The second-order valence-corrected chi connectivity index (χ2v) is 12.5. The Morgan fingerprint density at radius 1 is 0.404 bits per heavy atom. The van der Waals surface area contributed by atoms with Crippen LogP contribution in [0, 0.1) is 0 Å². The van der Waals surface area contributed by atoms with Crippen LogP contribution in [0.1, 0.15) is 44.5 Å². The predicted octanol–water partition coefficient (Wildman–Crippen LogP) is 11.3. The molecule has 0 heterocycles. The van der Waals surface area contributed by atoms with Gasteiger partial charge in [-0.3, -0.25) is 0 Å². The van der Waals surface area contributed by atoms with Crippen molar-refractivity contribution in [1.82, 2.24) is 0 Å². The first-order valence-corrected chi connectivity index (χ1v) is 15.8. The zero-order valence-corrected chi connectivity index (χ0v) is 27.7. The third-order valence-corrected chi connectivity index (χ3v) is 8.31. The van der Waals surface area contributed by atoms with Crippen molar-refractivity contribution in [3.05, 3.63) is 117 Å². The molecule has 0 radical (unpaired) electrons. The van der Waals surface area contributed by atoms with E-state index in [0.29, 0.717) is 72.5 Å². The first-order valence-electron chi connectivity index (χ1n) is 15.0. The smallest absolute Gasteiger partial charge is 0.332 e. The van der Waals surface area contributed by atoms with Crippen molar-refractivity contribution in [2.45, 2.75) is 50.4 Å². The van der Waals surface area contributed by atoms with Gasteiger partial charge in [-0.05, 0) is 121 Å². The quantitative estimate of drug-likeness (QED) is 0.122. The maximum atomic E-state index is 13.4. The van der Waals surface area contributed by atoms with Crippen LogP contribution in [0.3, 0.4) is 0 Å². The van der Waals surface area contributed by atoms with Gasteiger partial charge in [-0.1, -0.05) is 24.3 Å². The third-order valence-electron chi connectivity index (χ3n) is 7.90. The summed E-state index contributed by atoms with van der Waals surface area (Å²) in [5.74, 6) is 0. The summed E-state index contributed by atoms with van der Waals surface area (Å²) >= 11 is 10.5. The molecule has 4 bridgehead atoms. The summed E-state index contributed by atoms with van der Waals surface area (Å²) in [5.41, 5.74) is -3.35. The summed E-state index contributed by atoms with van der Waals surface area (Å²) in [6.07, 6.45) is -18.7. The van der Waals surface area contributed by atoms with Gasteiger partial charge in [0.05, 0.1) is 22.3 Å². The lowest BCUT2D eigenvalue weighted by Gasteiger charge is -2.20. The Hall–Kier alpha value is -4.58. The van der Waals surface area contributed by atoms with Crippen molar-refractivity contribution < 1.29 is 52.7 Å². The van der Waals surface area contributed by atoms with Crippen LogP contribution in [0.25, 0.3) is 0 Å². The van der Waals surface area contributed by atoms with Crippen LogP contribution >= 0.6 is 24.4 Å². The monoisotopic (exact) mass is 780 g/mol. The standard InChI is InChI=1S/C34H24F12N4S2/c35-31(36,37)21-11-22(32(38,39)40)14-25(13-21)47-29(51)49-27-9-17-1-2-18-4-6-20(8-7-19(27)5-3-17)28(10-18)50-30(52)48-26-15-23(33(41,42)43)12-24(16-26)34(44,45)46/h3-6,9-16H,1-2,7-8H2,(H2,47,49,51)(H2,48,50,52). The molecule has 0 saturated heterocycles. The number of aryl methyl sites for hydroxylation is 4. The molecule has 0 saturated carbocycles. The van der Waals surface area contributed by atoms with Gasteiger partial charge in [0.1, 0.15) is 0 Å². The maximum Gasteiger partial charge on any atom is 0.416 e. The zero-order chi connectivity index (χ0) is 38.2. The van der Waals surface area contributed by atoms with Crippen LogP contribution in [0.2, 0.25) is 0 Å². The van der Waals surface area contributed by atoms with Crippen LogP contribution in [-0.4, -0.2) is 10.2 Å². The molecule has 0 aromatic heterocycles. The summed E-state index contributed by atoms with van der Waals surface area (Å²) in [4.78, 5) is 0. The molecule has 0 amide bonds. The first kappa shape index (κ1) is 38.6. The predicted molar refractivity (Wildman–Crippen MR) is 180 cm³/mol. The van der Waals surface area contributed by atoms with E-state index >= 15 is 0 Å². The summed E-state index contributed by atoms with van der Waals surface area (Å²) in [6.45, 7) is 0. The first-order chi connectivity index (χ1) is 24.0. The summed E-state index contributed by atoms with van der Waals surface area (Å²) in [7, 11) is 0. The molecule has 4 aromatic carbocycles. The molecule has 276 valence electrons. The van der Waals surface area contributed by atoms with Crippen LogP contribution in [0.5, 0.6) is 0 Å². The normalized spacial score (nSPS) is 13.6. The highest BCUT2D eigenvalue weighted by molar-refractivity contribution is 7.81. The second kappa shape index (κ2) is 14.4. The molecule has 4 aliphatic carbocycles. The number of rotatable bonds is 4. The van der Waals surface area contributed by atoms with E-state index in [1.54, 1.807) is 24.3 Å². The van der Waals surface area contributed by atoms with Gasteiger partial charge in [-0.25, -0.2) is 0 Å². The maximum absolute atomic E-state index is 13.4. The second-order valence-electron chi connectivity index (χ2n) is 11.7. The Labute approximate surface area is 298 Å². The largest absolute Gasteiger partial charge is 0.416 e. The number of alkyl halides is 12. The van der Waals surface area contributed by atoms with Gasteiger partial charge in [-0.2, -0.15) is 52.7 Å². The summed E-state index contributed by atoms with van der Waals surface area (Å²) in [5, 5.41) is 10.00. The van der Waals surface area contributed by atoms with Gasteiger partial charge in [0.2, 0.25) is 0 Å². The fraction of sp³-hybridized carbons (Fsp3) is 0.235. The Bertz CT molecular complexity index is 1790. The van der Waals surface area contributed by atoms with Gasteiger partial charge >= 0.3 is 24.7 Å². The van der Waals surface area contributed by atoms with E-state index in [1.807, 2.05) is 12.1 Å². The zero-order valence-electron chi connectivity index (χ0n) is 26.1. The summed E-state index contributed by atoms with van der Waals surface area (Å²) in [6, 6.07) is 12.8. The fourth-order valence-corrected chi connectivity index (χ4v) is 5.86. The Morgan fingerprint density at radius 3 is 1.00 bits per heavy atom. The number of hydrogen-bond acceptors (Lipinski definition) is 2. The average Bonchev–Trinajstić information content (AvgIpc) is 3.01. The van der Waals surface area contributed by atoms with E-state index < -0.39 is 58.3 Å². The van der Waals surface area contributed by atoms with Crippen molar-refractivity contribution in [2.75, 3.05) is 21.3 Å². The van der Waals surface area contributed by atoms with Gasteiger partial charge in [-0.15, -0.1) is 0 Å². The fourth-order valence-electron chi connectivity index (χ4n) is 5.41. The van der Waals surface area contributed by atoms with E-state index in [4.69, 9.17) is 24.4 Å². The van der Waals surface area contributed by atoms with Gasteiger partial charge < -0.3 is 21.3 Å². The number of benzene rings is 4. The number of anilines is 4. The molecule has 4 nitrogen and oxygen atoms in total. The van der Waals surface area contributed by atoms with E-state index in [-0.39, 0.29) is 22.4 Å². The van der Waals surface area contributed by atoms with Gasteiger partial charge in [0.15, 0.2) is 10.2 Å². The lowest BCUT2D eigenvalue weighted by molar-refractivity contribution is -0.144. The number of halogens is 12. The third kappa shape index (κ3) is 9.84. The minimum Gasteiger partial charge on any atom is -0.332 e. The number of hydrogen-bond donors (Lipinski definition) is 4. The van der Waals surface area contributed by atoms with E-state index in [2.05, 4.69) is 21.3 Å². The molecular formula is C34H24F12N4S2. The van der Waals surface area contributed by atoms with E-state index in [1.165, 1.54) is 0 Å². The van der Waals surface area contributed by atoms with E-state index in [9.17, 15) is 52.7 Å². The number of thiocarbonyl (C=S) groups is 2. The summed E-state index contributed by atoms with van der Waals surface area (Å²) < 4.78 is 160. The highest BCUT2D eigenvalue weighted by Crippen LogP contribution is 2.39. The molecule has 4 aliphatic rings. The Morgan fingerprint density at radius 2 is 0.712 bits per heavy atom. The number of nitrogens with one attached hydrogen (secondary N) is 4. The minimum absolute atomic E-state index is 0.000446. The molecular weight excluding hydrogens is 757 g/mol. The molecule has 0 unspecified atom stereocenters. The van der Waals surface area contributed by atoms with Crippen LogP contribution < -0.4 is 21.3 Å². The highest BCUT2D eigenvalue weighted by atomic mass is 32.1. The van der Waals surface area contributed by atoms with Crippen molar-refractivity contribution in [3.8, 4) is 0 Å². The van der Waals surface area contributed by atoms with Crippen LogP contribution in [-0.2, 0) is 50.4 Å². The molecule has 18 heteroatoms. The average molecular weight is 781 g/mol. The van der Waals surface area contributed by atoms with Gasteiger partial charge in [0, 0.05) is 22.7 Å². The molecule has 0 fully saturated rings. The van der Waals surface area contributed by atoms with Crippen molar-refractivity contribution in [2.24, 2.45) is 0 Å².